The van der Waals surface area contributed by atoms with Crippen LogP contribution in [0.25, 0.3) is 0 Å². The summed E-state index contributed by atoms with van der Waals surface area (Å²) >= 11 is 0. The van der Waals surface area contributed by atoms with Crippen LogP contribution in [0, 0.1) is 16.7 Å². The molecule has 1 amide bonds. The van der Waals surface area contributed by atoms with Crippen LogP contribution in [0.1, 0.15) is 40.0 Å². The molecule has 21 heavy (non-hydrogen) atoms. The summed E-state index contributed by atoms with van der Waals surface area (Å²) in [6.45, 7) is 6.87. The van der Waals surface area contributed by atoms with Crippen LogP contribution in [0.4, 0.5) is 5.69 Å². The van der Waals surface area contributed by atoms with Crippen molar-refractivity contribution in [2.45, 2.75) is 40.0 Å². The van der Waals surface area contributed by atoms with Crippen LogP contribution < -0.4 is 10.1 Å². The lowest BCUT2D eigenvalue weighted by molar-refractivity contribution is -0.118. The van der Waals surface area contributed by atoms with Crippen LogP contribution in [0.2, 0.25) is 0 Å². The van der Waals surface area contributed by atoms with Crippen LogP contribution in [-0.4, -0.2) is 18.2 Å². The Hall–Kier alpha value is -1.84. The molecule has 1 saturated carbocycles. The number of ether oxygens (including phenoxy) is 1. The Labute approximate surface area is 126 Å². The smallest absolute Gasteiger partial charge is 0.233 e. The monoisotopic (exact) mass is 288 g/mol. The molecule has 2 rings (SSSR count). The molecular weight excluding hydrogens is 264 g/mol. The Morgan fingerprint density at radius 2 is 2.05 bits per heavy atom. The summed E-state index contributed by atoms with van der Waals surface area (Å²) in [4.78, 5) is 12.3. The minimum absolute atomic E-state index is 0.0698. The largest absolute Gasteiger partial charge is 0.494 e. The lowest BCUT2D eigenvalue weighted by atomic mass is 9.71. The van der Waals surface area contributed by atoms with Gasteiger partial charge >= 0.3 is 0 Å². The van der Waals surface area contributed by atoms with Gasteiger partial charge in [0, 0.05) is 11.4 Å². The van der Waals surface area contributed by atoms with E-state index in [4.69, 9.17) is 10.1 Å². The number of rotatable bonds is 4. The molecule has 0 heterocycles. The van der Waals surface area contributed by atoms with Gasteiger partial charge in [-0.05, 0) is 55.9 Å². The third-order valence-electron chi connectivity index (χ3n) is 3.95. The second-order valence-corrected chi connectivity index (χ2v) is 6.40. The molecule has 1 aromatic carbocycles. The molecule has 0 aliphatic heterocycles. The van der Waals surface area contributed by atoms with E-state index < -0.39 is 0 Å². The van der Waals surface area contributed by atoms with Crippen molar-refractivity contribution in [1.29, 1.82) is 5.41 Å². The van der Waals surface area contributed by atoms with Crippen LogP contribution >= 0.6 is 0 Å². The van der Waals surface area contributed by atoms with E-state index in [0.717, 1.165) is 24.3 Å². The number of carbonyl (C=O) groups is 1. The average Bonchev–Trinajstić information content (AvgIpc) is 2.40. The second-order valence-electron chi connectivity index (χ2n) is 6.40. The van der Waals surface area contributed by atoms with Gasteiger partial charge in [0.15, 0.2) is 0 Å². The van der Waals surface area contributed by atoms with Crippen LogP contribution in [0.15, 0.2) is 24.3 Å². The van der Waals surface area contributed by atoms with Crippen molar-refractivity contribution in [3.05, 3.63) is 24.3 Å². The summed E-state index contributed by atoms with van der Waals surface area (Å²) in [5.74, 6) is 0.437. The zero-order valence-electron chi connectivity index (χ0n) is 13.0. The molecule has 0 saturated heterocycles. The number of hydrogen-bond acceptors (Lipinski definition) is 3. The minimum atomic E-state index is -0.287. The zero-order chi connectivity index (χ0) is 15.5. The molecule has 2 N–H and O–H groups in total. The Kier molecular flexibility index (Phi) is 4.66. The van der Waals surface area contributed by atoms with Crippen molar-refractivity contribution in [2.75, 3.05) is 11.9 Å². The van der Waals surface area contributed by atoms with E-state index in [1.807, 2.05) is 31.2 Å². The number of hydrogen-bond donors (Lipinski definition) is 2. The van der Waals surface area contributed by atoms with E-state index in [2.05, 4.69) is 19.2 Å². The first-order valence-corrected chi connectivity index (χ1v) is 7.52. The highest BCUT2D eigenvalue weighted by atomic mass is 16.5. The van der Waals surface area contributed by atoms with Crippen molar-refractivity contribution in [2.24, 2.45) is 11.3 Å². The number of nitrogens with one attached hydrogen (secondary N) is 2. The Bertz CT molecular complexity index is 520. The van der Waals surface area contributed by atoms with E-state index in [-0.39, 0.29) is 17.2 Å². The van der Waals surface area contributed by atoms with Crippen LogP contribution in [0.5, 0.6) is 5.75 Å². The minimum Gasteiger partial charge on any atom is -0.494 e. The summed E-state index contributed by atoms with van der Waals surface area (Å²) in [7, 11) is 0. The topological polar surface area (TPSA) is 62.2 Å². The maximum Gasteiger partial charge on any atom is 0.233 e. The molecule has 1 aliphatic rings. The Morgan fingerprint density at radius 1 is 1.38 bits per heavy atom. The van der Waals surface area contributed by atoms with Gasteiger partial charge < -0.3 is 15.5 Å². The van der Waals surface area contributed by atoms with Gasteiger partial charge in [-0.15, -0.1) is 0 Å². The number of anilines is 1. The van der Waals surface area contributed by atoms with Crippen molar-refractivity contribution < 1.29 is 9.53 Å². The molecule has 0 bridgehead atoms. The fraction of sp³-hybridized carbons (Fsp3) is 0.529. The zero-order valence-corrected chi connectivity index (χ0v) is 13.0. The van der Waals surface area contributed by atoms with Gasteiger partial charge in [-0.1, -0.05) is 13.8 Å². The van der Waals surface area contributed by atoms with Gasteiger partial charge in [0.2, 0.25) is 5.91 Å². The van der Waals surface area contributed by atoms with Gasteiger partial charge in [0.25, 0.3) is 0 Å². The molecule has 114 valence electrons. The molecule has 1 aromatic rings. The first-order valence-electron chi connectivity index (χ1n) is 7.52. The lowest BCUT2D eigenvalue weighted by Gasteiger charge is -2.34. The normalized spacial score (nSPS) is 20.9. The average molecular weight is 288 g/mol. The molecule has 0 radical (unpaired) electrons. The third kappa shape index (κ3) is 4.06. The molecule has 4 nitrogen and oxygen atoms in total. The van der Waals surface area contributed by atoms with Gasteiger partial charge in [-0.3, -0.25) is 4.79 Å². The van der Waals surface area contributed by atoms with E-state index in [1.165, 1.54) is 0 Å². The van der Waals surface area contributed by atoms with Crippen molar-refractivity contribution in [3.8, 4) is 5.75 Å². The molecule has 4 heteroatoms. The molecular formula is C17H24N2O2. The molecule has 1 unspecified atom stereocenters. The SMILES string of the molecule is CCOc1ccc(NC(=O)C2CCC(C)(C)CC2=N)cc1. The maximum absolute atomic E-state index is 12.3. The highest BCUT2D eigenvalue weighted by Gasteiger charge is 2.34. The maximum atomic E-state index is 12.3. The second kappa shape index (κ2) is 6.29. The van der Waals surface area contributed by atoms with Crippen molar-refractivity contribution >= 4 is 17.3 Å². The summed E-state index contributed by atoms with van der Waals surface area (Å²) in [6, 6.07) is 7.35. The third-order valence-corrected chi connectivity index (χ3v) is 3.95. The summed E-state index contributed by atoms with van der Waals surface area (Å²) in [5, 5.41) is 11.0. The number of carbonyl (C=O) groups excluding carboxylic acids is 1. The Morgan fingerprint density at radius 3 is 2.62 bits per heavy atom. The van der Waals surface area contributed by atoms with Gasteiger partial charge in [0.1, 0.15) is 5.75 Å². The van der Waals surface area contributed by atoms with Crippen molar-refractivity contribution in [3.63, 3.8) is 0 Å². The van der Waals surface area contributed by atoms with Gasteiger partial charge in [-0.2, -0.15) is 0 Å². The van der Waals surface area contributed by atoms with E-state index in [0.29, 0.717) is 18.7 Å². The molecule has 1 aliphatic carbocycles. The number of benzene rings is 1. The molecule has 1 atom stereocenters. The Balaban J connectivity index is 1.96. The quantitative estimate of drug-likeness (QED) is 0.883. The van der Waals surface area contributed by atoms with Gasteiger partial charge in [0.05, 0.1) is 12.5 Å². The number of amides is 1. The first-order chi connectivity index (χ1) is 9.91. The van der Waals surface area contributed by atoms with E-state index in [9.17, 15) is 4.79 Å². The standard InChI is InChI=1S/C17H24N2O2/c1-4-21-13-7-5-12(6-8-13)19-16(20)14-9-10-17(2,3)11-15(14)18/h5-8,14,18H,4,9-11H2,1-3H3,(H,19,20). The highest BCUT2D eigenvalue weighted by Crippen LogP contribution is 2.36. The predicted octanol–water partition coefficient (Wildman–Crippen LogP) is 3.87. The van der Waals surface area contributed by atoms with Crippen LogP contribution in [0.3, 0.4) is 0 Å². The summed E-state index contributed by atoms with van der Waals surface area (Å²) in [5.41, 5.74) is 1.45. The fourth-order valence-electron chi connectivity index (χ4n) is 2.76. The fourth-order valence-corrected chi connectivity index (χ4v) is 2.76. The van der Waals surface area contributed by atoms with E-state index >= 15 is 0 Å². The molecule has 0 aromatic heterocycles. The molecule has 1 fully saturated rings. The van der Waals surface area contributed by atoms with Gasteiger partial charge in [-0.25, -0.2) is 0 Å². The molecule has 0 spiro atoms. The lowest BCUT2D eigenvalue weighted by Crippen LogP contribution is -2.37. The van der Waals surface area contributed by atoms with Crippen molar-refractivity contribution in [1.82, 2.24) is 0 Å². The first kappa shape index (κ1) is 15.5. The highest BCUT2D eigenvalue weighted by molar-refractivity contribution is 6.08. The van der Waals surface area contributed by atoms with E-state index in [1.54, 1.807) is 0 Å². The predicted molar refractivity (Wildman–Crippen MR) is 85.1 cm³/mol. The summed E-state index contributed by atoms with van der Waals surface area (Å²) in [6.07, 6.45) is 2.44. The summed E-state index contributed by atoms with van der Waals surface area (Å²) < 4.78 is 5.38. The van der Waals surface area contributed by atoms with Crippen LogP contribution in [-0.2, 0) is 4.79 Å².